The first-order valence-corrected chi connectivity index (χ1v) is 6.07. The average Bonchev–Trinajstić information content (AvgIpc) is 2.31. The molecule has 0 aromatic heterocycles. The maximum Gasteiger partial charge on any atom is 0.229 e. The summed E-state index contributed by atoms with van der Waals surface area (Å²) in [6.07, 6.45) is 2.02. The molecule has 2 heteroatoms. The van der Waals surface area contributed by atoms with Crippen LogP contribution in [0.4, 0.5) is 5.69 Å². The van der Waals surface area contributed by atoms with E-state index in [1.807, 2.05) is 49.1 Å². The Kier molecular flexibility index (Phi) is 5.03. The fourth-order valence-corrected chi connectivity index (χ4v) is 1.90. The highest BCUT2D eigenvalue weighted by atomic mass is 16.2. The lowest BCUT2D eigenvalue weighted by Gasteiger charge is -2.24. The lowest BCUT2D eigenvalue weighted by Crippen LogP contribution is -2.35. The molecule has 0 saturated heterocycles. The molecule has 1 atom stereocenters. The molecule has 0 aliphatic carbocycles. The third-order valence-electron chi connectivity index (χ3n) is 2.79. The van der Waals surface area contributed by atoms with Crippen LogP contribution in [0.5, 0.6) is 0 Å². The SMILES string of the molecule is CCC[C@@H](C)C(=O)N(CC)c1ccccc1. The van der Waals surface area contributed by atoms with Crippen molar-refractivity contribution in [2.24, 2.45) is 5.92 Å². The Hall–Kier alpha value is -1.31. The minimum atomic E-state index is 0.116. The van der Waals surface area contributed by atoms with E-state index in [2.05, 4.69) is 6.92 Å². The maximum absolute atomic E-state index is 12.2. The van der Waals surface area contributed by atoms with Crippen LogP contribution in [0.25, 0.3) is 0 Å². The second-order valence-corrected chi connectivity index (χ2v) is 4.11. The van der Waals surface area contributed by atoms with E-state index in [4.69, 9.17) is 0 Å². The number of carbonyl (C=O) groups excluding carboxylic acids is 1. The van der Waals surface area contributed by atoms with Gasteiger partial charge in [-0.1, -0.05) is 38.5 Å². The van der Waals surface area contributed by atoms with E-state index in [1.165, 1.54) is 0 Å². The van der Waals surface area contributed by atoms with Crippen LogP contribution in [0.15, 0.2) is 30.3 Å². The van der Waals surface area contributed by atoms with Crippen LogP contribution in [0, 0.1) is 5.92 Å². The van der Waals surface area contributed by atoms with Gasteiger partial charge in [0.25, 0.3) is 0 Å². The first-order chi connectivity index (χ1) is 7.70. The summed E-state index contributed by atoms with van der Waals surface area (Å²) in [4.78, 5) is 14.1. The van der Waals surface area contributed by atoms with Crippen LogP contribution in [0.2, 0.25) is 0 Å². The van der Waals surface area contributed by atoms with Gasteiger partial charge in [-0.3, -0.25) is 4.79 Å². The maximum atomic E-state index is 12.2. The van der Waals surface area contributed by atoms with Crippen molar-refractivity contribution >= 4 is 11.6 Å². The van der Waals surface area contributed by atoms with Gasteiger partial charge < -0.3 is 4.90 Å². The third-order valence-corrected chi connectivity index (χ3v) is 2.79. The van der Waals surface area contributed by atoms with E-state index in [0.717, 1.165) is 25.1 Å². The predicted octanol–water partition coefficient (Wildman–Crippen LogP) is 3.48. The smallest absolute Gasteiger partial charge is 0.229 e. The van der Waals surface area contributed by atoms with Gasteiger partial charge in [-0.25, -0.2) is 0 Å². The molecule has 0 saturated carbocycles. The lowest BCUT2D eigenvalue weighted by atomic mass is 10.0. The van der Waals surface area contributed by atoms with Gasteiger partial charge in [-0.15, -0.1) is 0 Å². The summed E-state index contributed by atoms with van der Waals surface area (Å²) < 4.78 is 0. The van der Waals surface area contributed by atoms with Crippen LogP contribution in [0.3, 0.4) is 0 Å². The van der Waals surface area contributed by atoms with Crippen LogP contribution in [-0.2, 0) is 4.79 Å². The Bertz CT molecular complexity index is 321. The van der Waals surface area contributed by atoms with Crippen molar-refractivity contribution in [3.05, 3.63) is 30.3 Å². The molecule has 1 rings (SSSR count). The van der Waals surface area contributed by atoms with Crippen molar-refractivity contribution < 1.29 is 4.79 Å². The van der Waals surface area contributed by atoms with Crippen molar-refractivity contribution in [1.29, 1.82) is 0 Å². The monoisotopic (exact) mass is 219 g/mol. The Balaban J connectivity index is 2.79. The number of hydrogen-bond donors (Lipinski definition) is 0. The lowest BCUT2D eigenvalue weighted by molar-refractivity contribution is -0.122. The molecule has 0 fully saturated rings. The summed E-state index contributed by atoms with van der Waals surface area (Å²) in [6.45, 7) is 6.88. The number of nitrogens with zero attached hydrogens (tertiary/aromatic N) is 1. The minimum Gasteiger partial charge on any atom is -0.312 e. The summed E-state index contributed by atoms with van der Waals surface area (Å²) >= 11 is 0. The van der Waals surface area contributed by atoms with E-state index >= 15 is 0 Å². The highest BCUT2D eigenvalue weighted by Crippen LogP contribution is 2.18. The van der Waals surface area contributed by atoms with Crippen molar-refractivity contribution in [3.8, 4) is 0 Å². The van der Waals surface area contributed by atoms with Gasteiger partial charge in [-0.05, 0) is 25.5 Å². The highest BCUT2D eigenvalue weighted by Gasteiger charge is 2.19. The van der Waals surface area contributed by atoms with E-state index in [9.17, 15) is 4.79 Å². The fourth-order valence-electron chi connectivity index (χ4n) is 1.90. The van der Waals surface area contributed by atoms with Crippen molar-refractivity contribution in [1.82, 2.24) is 0 Å². The van der Waals surface area contributed by atoms with Crippen molar-refractivity contribution in [2.45, 2.75) is 33.6 Å². The molecule has 0 N–H and O–H groups in total. The molecule has 1 aromatic rings. The summed E-state index contributed by atoms with van der Waals surface area (Å²) in [6, 6.07) is 9.88. The Morgan fingerprint density at radius 1 is 1.25 bits per heavy atom. The molecular weight excluding hydrogens is 198 g/mol. The minimum absolute atomic E-state index is 0.116. The highest BCUT2D eigenvalue weighted by molar-refractivity contribution is 5.94. The predicted molar refractivity (Wildman–Crippen MR) is 68.5 cm³/mol. The van der Waals surface area contributed by atoms with Crippen LogP contribution < -0.4 is 4.90 Å². The summed E-state index contributed by atoms with van der Waals surface area (Å²) in [5.74, 6) is 0.348. The molecule has 0 aliphatic rings. The Labute approximate surface area is 98.3 Å². The molecule has 0 radical (unpaired) electrons. The quantitative estimate of drug-likeness (QED) is 0.742. The first kappa shape index (κ1) is 12.8. The summed E-state index contributed by atoms with van der Waals surface area (Å²) in [7, 11) is 0. The number of rotatable bonds is 5. The molecule has 1 aromatic carbocycles. The zero-order valence-electron chi connectivity index (χ0n) is 10.4. The topological polar surface area (TPSA) is 20.3 Å². The third kappa shape index (κ3) is 3.09. The standard InChI is InChI=1S/C14H21NO/c1-4-9-12(3)14(16)15(5-2)13-10-7-6-8-11-13/h6-8,10-12H,4-5,9H2,1-3H3/t12-/m1/s1. The summed E-state index contributed by atoms with van der Waals surface area (Å²) in [5.41, 5.74) is 0.998. The number of para-hydroxylation sites is 1. The molecule has 88 valence electrons. The van der Waals surface area contributed by atoms with Crippen molar-refractivity contribution in [3.63, 3.8) is 0 Å². The van der Waals surface area contributed by atoms with Gasteiger partial charge in [0.2, 0.25) is 5.91 Å². The second kappa shape index (κ2) is 6.31. The van der Waals surface area contributed by atoms with Crippen molar-refractivity contribution in [2.75, 3.05) is 11.4 Å². The number of amides is 1. The molecular formula is C14H21NO. The van der Waals surface area contributed by atoms with Gasteiger partial charge >= 0.3 is 0 Å². The summed E-state index contributed by atoms with van der Waals surface area (Å²) in [5, 5.41) is 0. The Morgan fingerprint density at radius 2 is 1.88 bits per heavy atom. The molecule has 0 spiro atoms. The molecule has 1 amide bonds. The number of benzene rings is 1. The number of carbonyl (C=O) groups is 1. The second-order valence-electron chi connectivity index (χ2n) is 4.11. The average molecular weight is 219 g/mol. The van der Waals surface area contributed by atoms with Gasteiger partial charge in [-0.2, -0.15) is 0 Å². The molecule has 16 heavy (non-hydrogen) atoms. The molecule has 2 nitrogen and oxygen atoms in total. The zero-order chi connectivity index (χ0) is 12.0. The zero-order valence-corrected chi connectivity index (χ0v) is 10.4. The fraction of sp³-hybridized carbons (Fsp3) is 0.500. The number of hydrogen-bond acceptors (Lipinski definition) is 1. The molecule has 0 aliphatic heterocycles. The van der Waals surface area contributed by atoms with Crippen LogP contribution in [0.1, 0.15) is 33.6 Å². The molecule has 0 heterocycles. The van der Waals surface area contributed by atoms with E-state index < -0.39 is 0 Å². The van der Waals surface area contributed by atoms with E-state index in [-0.39, 0.29) is 11.8 Å². The van der Waals surface area contributed by atoms with E-state index in [0.29, 0.717) is 0 Å². The van der Waals surface area contributed by atoms with Gasteiger partial charge in [0, 0.05) is 18.2 Å². The van der Waals surface area contributed by atoms with Gasteiger partial charge in [0.05, 0.1) is 0 Å². The normalized spacial score (nSPS) is 12.2. The number of anilines is 1. The molecule has 0 bridgehead atoms. The largest absolute Gasteiger partial charge is 0.312 e. The van der Waals surface area contributed by atoms with E-state index in [1.54, 1.807) is 0 Å². The Morgan fingerprint density at radius 3 is 2.38 bits per heavy atom. The van der Waals surface area contributed by atoms with Crippen LogP contribution >= 0.6 is 0 Å². The van der Waals surface area contributed by atoms with Gasteiger partial charge in [0.15, 0.2) is 0 Å². The molecule has 0 unspecified atom stereocenters. The van der Waals surface area contributed by atoms with Crippen LogP contribution in [-0.4, -0.2) is 12.5 Å². The van der Waals surface area contributed by atoms with Gasteiger partial charge in [0.1, 0.15) is 0 Å². The first-order valence-electron chi connectivity index (χ1n) is 6.07.